The van der Waals surface area contributed by atoms with Gasteiger partial charge in [0.05, 0.1) is 0 Å². The van der Waals surface area contributed by atoms with Crippen LogP contribution in [0.15, 0.2) is 18.2 Å². The van der Waals surface area contributed by atoms with Gasteiger partial charge in [0.15, 0.2) is 0 Å². The van der Waals surface area contributed by atoms with Gasteiger partial charge in [-0.1, -0.05) is 32.9 Å². The number of hydrogen-bond acceptors (Lipinski definition) is 2. The summed E-state index contributed by atoms with van der Waals surface area (Å²) >= 11 is 0. The van der Waals surface area contributed by atoms with Crippen molar-refractivity contribution in [3.8, 4) is 0 Å². The van der Waals surface area contributed by atoms with Gasteiger partial charge in [-0.2, -0.15) is 0 Å². The second-order valence-corrected chi connectivity index (χ2v) is 7.82. The number of fused-ring (bicyclic) bond motifs is 1. The van der Waals surface area contributed by atoms with Crippen LogP contribution in [-0.4, -0.2) is 19.6 Å². The molecule has 3 rings (SSSR count). The highest BCUT2D eigenvalue weighted by Gasteiger charge is 2.28. The maximum absolute atomic E-state index is 3.49. The summed E-state index contributed by atoms with van der Waals surface area (Å²) in [6.07, 6.45) is 5.25. The van der Waals surface area contributed by atoms with E-state index >= 15 is 0 Å². The first kappa shape index (κ1) is 14.9. The van der Waals surface area contributed by atoms with Crippen molar-refractivity contribution in [3.05, 3.63) is 29.3 Å². The lowest BCUT2D eigenvalue weighted by Crippen LogP contribution is -2.30. The summed E-state index contributed by atoms with van der Waals surface area (Å²) in [4.78, 5) is 2.66. The Bertz CT molecular complexity index is 487. The van der Waals surface area contributed by atoms with Gasteiger partial charge in [-0.05, 0) is 60.8 Å². The summed E-state index contributed by atoms with van der Waals surface area (Å²) in [5.41, 5.74) is 5.08. The van der Waals surface area contributed by atoms with Crippen molar-refractivity contribution in [1.82, 2.24) is 5.32 Å². The number of rotatable bonds is 1. The van der Waals surface area contributed by atoms with Crippen LogP contribution in [0.1, 0.15) is 51.2 Å². The first-order valence-corrected chi connectivity index (χ1v) is 8.62. The van der Waals surface area contributed by atoms with Gasteiger partial charge in [0.25, 0.3) is 0 Å². The third-order valence-corrected chi connectivity index (χ3v) is 5.41. The molecule has 1 N–H and O–H groups in total. The quantitative estimate of drug-likeness (QED) is 0.840. The molecule has 1 atom stereocenters. The topological polar surface area (TPSA) is 15.3 Å². The predicted molar refractivity (Wildman–Crippen MR) is 90.9 cm³/mol. The molecule has 2 aliphatic rings. The number of nitrogens with one attached hydrogen (secondary N) is 1. The molecule has 0 aliphatic carbocycles. The molecule has 1 unspecified atom stereocenters. The summed E-state index contributed by atoms with van der Waals surface area (Å²) in [7, 11) is 0. The molecule has 1 fully saturated rings. The van der Waals surface area contributed by atoms with Crippen LogP contribution in [0.25, 0.3) is 0 Å². The van der Waals surface area contributed by atoms with Crippen LogP contribution in [0.3, 0.4) is 0 Å². The Labute approximate surface area is 129 Å². The molecule has 0 bridgehead atoms. The summed E-state index contributed by atoms with van der Waals surface area (Å²) in [6, 6.07) is 6.88. The number of hydrogen-bond donors (Lipinski definition) is 1. The smallest absolute Gasteiger partial charge is 0.0402 e. The van der Waals surface area contributed by atoms with Crippen molar-refractivity contribution in [2.24, 2.45) is 11.3 Å². The molecule has 0 spiro atoms. The Morgan fingerprint density at radius 1 is 1.14 bits per heavy atom. The largest absolute Gasteiger partial charge is 0.371 e. The normalized spacial score (nSPS) is 23.6. The third kappa shape index (κ3) is 3.26. The van der Waals surface area contributed by atoms with Crippen molar-refractivity contribution in [1.29, 1.82) is 0 Å². The molecule has 1 aromatic rings. The van der Waals surface area contributed by atoms with E-state index in [4.69, 9.17) is 0 Å². The molecule has 0 saturated carbocycles. The Morgan fingerprint density at radius 3 is 2.81 bits per heavy atom. The Kier molecular flexibility index (Phi) is 4.26. The maximum Gasteiger partial charge on any atom is 0.0402 e. The van der Waals surface area contributed by atoms with E-state index in [-0.39, 0.29) is 0 Å². The van der Waals surface area contributed by atoms with Crippen LogP contribution in [0.4, 0.5) is 5.69 Å². The molecule has 1 saturated heterocycles. The zero-order chi connectivity index (χ0) is 14.9. The van der Waals surface area contributed by atoms with E-state index in [1.165, 1.54) is 50.0 Å². The summed E-state index contributed by atoms with van der Waals surface area (Å²) in [5, 5.41) is 3.49. The molecule has 2 heteroatoms. The first-order chi connectivity index (χ1) is 10.1. The van der Waals surface area contributed by atoms with Crippen LogP contribution in [-0.2, 0) is 13.0 Å². The molecule has 0 aromatic heterocycles. The first-order valence-electron chi connectivity index (χ1n) is 8.62. The molecule has 2 nitrogen and oxygen atoms in total. The van der Waals surface area contributed by atoms with E-state index in [0.717, 1.165) is 19.0 Å². The van der Waals surface area contributed by atoms with Crippen molar-refractivity contribution >= 4 is 5.69 Å². The number of nitrogens with zero attached hydrogens (tertiary/aromatic N) is 1. The average molecular weight is 286 g/mol. The van der Waals surface area contributed by atoms with Crippen LogP contribution in [0.5, 0.6) is 0 Å². The molecule has 2 aliphatic heterocycles. The van der Waals surface area contributed by atoms with Gasteiger partial charge in [0.2, 0.25) is 0 Å². The van der Waals surface area contributed by atoms with Crippen molar-refractivity contribution in [3.63, 3.8) is 0 Å². The van der Waals surface area contributed by atoms with Crippen LogP contribution in [0.2, 0.25) is 0 Å². The molecule has 2 heterocycles. The van der Waals surface area contributed by atoms with Gasteiger partial charge in [0.1, 0.15) is 0 Å². The summed E-state index contributed by atoms with van der Waals surface area (Å²) in [5.74, 6) is 0.865. The molecule has 21 heavy (non-hydrogen) atoms. The molecular formula is C19H30N2. The third-order valence-electron chi connectivity index (χ3n) is 5.41. The van der Waals surface area contributed by atoms with E-state index in [9.17, 15) is 0 Å². The minimum absolute atomic E-state index is 0.454. The second-order valence-electron chi connectivity index (χ2n) is 7.82. The fraction of sp³-hybridized carbons (Fsp3) is 0.684. The Balaban J connectivity index is 1.79. The molecule has 0 amide bonds. The highest BCUT2D eigenvalue weighted by atomic mass is 15.1. The standard InChI is InChI=1S/C19H30N2/c1-19(2,3)16-7-5-12-21(13-10-16)18-8-4-6-15-14-20-11-9-17(15)18/h4,6,8,16,20H,5,7,9-14H2,1-3H3. The molecule has 116 valence electrons. The fourth-order valence-electron chi connectivity index (χ4n) is 4.01. The van der Waals surface area contributed by atoms with Gasteiger partial charge < -0.3 is 10.2 Å². The van der Waals surface area contributed by atoms with Gasteiger partial charge in [-0.3, -0.25) is 0 Å². The highest BCUT2D eigenvalue weighted by Crippen LogP contribution is 2.36. The van der Waals surface area contributed by atoms with Crippen molar-refractivity contribution in [2.75, 3.05) is 24.5 Å². The van der Waals surface area contributed by atoms with Gasteiger partial charge in [-0.25, -0.2) is 0 Å². The van der Waals surface area contributed by atoms with E-state index in [2.05, 4.69) is 49.2 Å². The van der Waals surface area contributed by atoms with Gasteiger partial charge in [-0.15, -0.1) is 0 Å². The SMILES string of the molecule is CC(C)(C)C1CCCN(c2cccc3c2CCNC3)CC1. The average Bonchev–Trinajstić information content (AvgIpc) is 2.72. The highest BCUT2D eigenvalue weighted by molar-refractivity contribution is 5.57. The van der Waals surface area contributed by atoms with Gasteiger partial charge in [0, 0.05) is 25.3 Å². The van der Waals surface area contributed by atoms with Gasteiger partial charge >= 0.3 is 0 Å². The Hall–Kier alpha value is -1.02. The summed E-state index contributed by atoms with van der Waals surface area (Å²) < 4.78 is 0. The lowest BCUT2D eigenvalue weighted by atomic mass is 9.77. The number of anilines is 1. The number of benzene rings is 1. The fourth-order valence-corrected chi connectivity index (χ4v) is 4.01. The Morgan fingerprint density at radius 2 is 2.00 bits per heavy atom. The van der Waals surface area contributed by atoms with E-state index < -0.39 is 0 Å². The molecule has 0 radical (unpaired) electrons. The lowest BCUT2D eigenvalue weighted by Gasteiger charge is -2.31. The zero-order valence-electron chi connectivity index (χ0n) is 13.9. The zero-order valence-corrected chi connectivity index (χ0v) is 13.9. The maximum atomic E-state index is 3.49. The van der Waals surface area contributed by atoms with Crippen molar-refractivity contribution < 1.29 is 0 Å². The van der Waals surface area contributed by atoms with Crippen LogP contribution >= 0.6 is 0 Å². The second kappa shape index (κ2) is 6.00. The lowest BCUT2D eigenvalue weighted by molar-refractivity contribution is 0.220. The molecular weight excluding hydrogens is 256 g/mol. The van der Waals surface area contributed by atoms with Crippen molar-refractivity contribution in [2.45, 2.75) is 53.0 Å². The predicted octanol–water partition coefficient (Wildman–Crippen LogP) is 3.98. The van der Waals surface area contributed by atoms with E-state index in [1.807, 2.05) is 0 Å². The monoisotopic (exact) mass is 286 g/mol. The summed E-state index contributed by atoms with van der Waals surface area (Å²) in [6.45, 7) is 11.8. The molecule has 1 aromatic carbocycles. The van der Waals surface area contributed by atoms with E-state index in [0.29, 0.717) is 5.41 Å². The minimum atomic E-state index is 0.454. The van der Waals surface area contributed by atoms with E-state index in [1.54, 1.807) is 5.56 Å². The minimum Gasteiger partial charge on any atom is -0.371 e. The van der Waals surface area contributed by atoms with Crippen LogP contribution < -0.4 is 10.2 Å². The van der Waals surface area contributed by atoms with Crippen LogP contribution in [0, 0.1) is 11.3 Å².